The molecule has 1 atom stereocenters. The highest BCUT2D eigenvalue weighted by molar-refractivity contribution is 6.30. The van der Waals surface area contributed by atoms with Gasteiger partial charge in [0.1, 0.15) is 23.1 Å². The molecular formula is C31H26ClF3N2O2. The average Bonchev–Trinajstić information content (AvgIpc) is 3.25. The van der Waals surface area contributed by atoms with Gasteiger partial charge < -0.3 is 19.3 Å². The highest BCUT2D eigenvalue weighted by Gasteiger charge is 2.37. The van der Waals surface area contributed by atoms with Crippen molar-refractivity contribution in [3.8, 4) is 17.2 Å². The molecule has 4 aromatic rings. The van der Waals surface area contributed by atoms with Gasteiger partial charge in [-0.1, -0.05) is 42.4 Å². The van der Waals surface area contributed by atoms with E-state index in [1.54, 1.807) is 37.4 Å². The fourth-order valence-corrected chi connectivity index (χ4v) is 4.82. The number of ether oxygens (including phenoxy) is 2. The number of nitrogens with zero attached hydrogens (tertiary/aromatic N) is 2. The van der Waals surface area contributed by atoms with E-state index in [0.717, 1.165) is 23.1 Å². The summed E-state index contributed by atoms with van der Waals surface area (Å²) in [5, 5.41) is 0.615. The van der Waals surface area contributed by atoms with Crippen molar-refractivity contribution in [1.82, 2.24) is 4.90 Å². The van der Waals surface area contributed by atoms with Crippen molar-refractivity contribution >= 4 is 17.3 Å². The molecule has 0 aliphatic carbocycles. The topological polar surface area (TPSA) is 24.9 Å². The molecule has 0 N–H and O–H groups in total. The highest BCUT2D eigenvalue weighted by Crippen LogP contribution is 2.41. The maximum atomic E-state index is 13.6. The molecule has 1 heterocycles. The smallest absolute Gasteiger partial charge is 0.416 e. The normalized spacial score (nSPS) is 15.5. The van der Waals surface area contributed by atoms with E-state index in [0.29, 0.717) is 41.0 Å². The van der Waals surface area contributed by atoms with Crippen LogP contribution in [-0.2, 0) is 12.7 Å². The van der Waals surface area contributed by atoms with E-state index in [-0.39, 0.29) is 6.04 Å². The molecule has 4 aromatic carbocycles. The first-order valence-corrected chi connectivity index (χ1v) is 12.7. The molecule has 1 unspecified atom stereocenters. The zero-order chi connectivity index (χ0) is 27.6. The van der Waals surface area contributed by atoms with Crippen LogP contribution in [-0.4, -0.2) is 18.6 Å². The lowest BCUT2D eigenvalue weighted by atomic mass is 10.0. The summed E-state index contributed by atoms with van der Waals surface area (Å²) in [6.45, 7) is 5.32. The van der Waals surface area contributed by atoms with Crippen molar-refractivity contribution in [3.05, 3.63) is 131 Å². The maximum Gasteiger partial charge on any atom is 0.416 e. The third-order valence-corrected chi connectivity index (χ3v) is 6.87. The second-order valence-electron chi connectivity index (χ2n) is 9.21. The standard InChI is InChI=1S/C31H26ClF3N2O2/c1-21-36(19-22-5-3-8-29(17-22)38-2)20-30(23-6-4-7-24(18-23)31(33,34)35)37(21)26-11-15-28(16-12-26)39-27-13-9-25(32)10-14-27/h3-18,30H,1,19-20H2,2H3. The Hall–Kier alpha value is -4.10. The molecule has 4 nitrogen and oxygen atoms in total. The lowest BCUT2D eigenvalue weighted by Gasteiger charge is -2.28. The minimum absolute atomic E-state index is 0.381. The van der Waals surface area contributed by atoms with Crippen LogP contribution in [0.25, 0.3) is 0 Å². The van der Waals surface area contributed by atoms with Gasteiger partial charge in [0, 0.05) is 23.8 Å². The average molecular weight is 551 g/mol. The lowest BCUT2D eigenvalue weighted by Crippen LogP contribution is -2.23. The molecule has 1 aliphatic heterocycles. The summed E-state index contributed by atoms with van der Waals surface area (Å²) in [4.78, 5) is 4.04. The van der Waals surface area contributed by atoms with Gasteiger partial charge >= 0.3 is 6.18 Å². The van der Waals surface area contributed by atoms with E-state index >= 15 is 0 Å². The number of rotatable bonds is 7. The summed E-state index contributed by atoms with van der Waals surface area (Å²) < 4.78 is 51.9. The number of benzene rings is 4. The minimum atomic E-state index is -4.43. The number of anilines is 1. The first kappa shape index (κ1) is 26.5. The Morgan fingerprint density at radius 2 is 1.54 bits per heavy atom. The second-order valence-corrected chi connectivity index (χ2v) is 9.64. The molecule has 0 saturated carbocycles. The number of methoxy groups -OCH3 is 1. The molecule has 1 aliphatic rings. The van der Waals surface area contributed by atoms with Crippen LogP contribution in [0.4, 0.5) is 18.9 Å². The second kappa shape index (κ2) is 10.9. The Labute approximate surface area is 230 Å². The summed E-state index contributed by atoms with van der Waals surface area (Å²) in [6, 6.07) is 27.3. The van der Waals surface area contributed by atoms with Gasteiger partial charge in [0.15, 0.2) is 0 Å². The number of halogens is 4. The van der Waals surface area contributed by atoms with Crippen LogP contribution < -0.4 is 14.4 Å². The van der Waals surface area contributed by atoms with Gasteiger partial charge in [-0.05, 0) is 83.9 Å². The minimum Gasteiger partial charge on any atom is -0.497 e. The Bertz CT molecular complexity index is 1460. The van der Waals surface area contributed by atoms with Gasteiger partial charge in [0.05, 0.1) is 18.7 Å². The van der Waals surface area contributed by atoms with Crippen LogP contribution in [0.1, 0.15) is 22.7 Å². The third kappa shape index (κ3) is 5.99. The van der Waals surface area contributed by atoms with E-state index in [9.17, 15) is 13.2 Å². The fourth-order valence-electron chi connectivity index (χ4n) is 4.69. The molecule has 0 spiro atoms. The van der Waals surface area contributed by atoms with Crippen molar-refractivity contribution in [1.29, 1.82) is 0 Å². The molecule has 39 heavy (non-hydrogen) atoms. The molecule has 0 radical (unpaired) electrons. The summed E-state index contributed by atoms with van der Waals surface area (Å²) >= 11 is 5.96. The Morgan fingerprint density at radius 3 is 2.21 bits per heavy atom. The van der Waals surface area contributed by atoms with Crippen molar-refractivity contribution in [2.24, 2.45) is 0 Å². The van der Waals surface area contributed by atoms with Crippen LogP contribution in [0.15, 0.2) is 109 Å². The van der Waals surface area contributed by atoms with E-state index in [1.165, 1.54) is 12.1 Å². The van der Waals surface area contributed by atoms with E-state index < -0.39 is 11.7 Å². The molecule has 0 bridgehead atoms. The molecule has 5 rings (SSSR count). The van der Waals surface area contributed by atoms with Gasteiger partial charge in [-0.15, -0.1) is 0 Å². The van der Waals surface area contributed by atoms with Gasteiger partial charge in [0.2, 0.25) is 0 Å². The zero-order valence-electron chi connectivity index (χ0n) is 21.2. The summed E-state index contributed by atoms with van der Waals surface area (Å²) in [6.07, 6.45) is -4.43. The molecule has 8 heteroatoms. The largest absolute Gasteiger partial charge is 0.497 e. The summed E-state index contributed by atoms with van der Waals surface area (Å²) in [7, 11) is 1.61. The Balaban J connectivity index is 1.46. The maximum absolute atomic E-state index is 13.6. The zero-order valence-corrected chi connectivity index (χ0v) is 21.9. The van der Waals surface area contributed by atoms with Crippen molar-refractivity contribution < 1.29 is 22.6 Å². The van der Waals surface area contributed by atoms with Crippen LogP contribution in [0.3, 0.4) is 0 Å². The van der Waals surface area contributed by atoms with Crippen molar-refractivity contribution in [2.45, 2.75) is 18.8 Å². The molecule has 200 valence electrons. The van der Waals surface area contributed by atoms with E-state index in [2.05, 4.69) is 11.5 Å². The lowest BCUT2D eigenvalue weighted by molar-refractivity contribution is -0.137. The van der Waals surface area contributed by atoms with Crippen LogP contribution >= 0.6 is 11.6 Å². The molecule has 0 aromatic heterocycles. The first-order valence-electron chi connectivity index (χ1n) is 12.3. The molecule has 0 amide bonds. The number of alkyl halides is 3. The van der Waals surface area contributed by atoms with Gasteiger partial charge in [0.25, 0.3) is 0 Å². The van der Waals surface area contributed by atoms with Crippen LogP contribution in [0.5, 0.6) is 17.2 Å². The number of hydrogen-bond acceptors (Lipinski definition) is 4. The van der Waals surface area contributed by atoms with Gasteiger partial charge in [-0.2, -0.15) is 13.2 Å². The summed E-state index contributed by atoms with van der Waals surface area (Å²) in [5.74, 6) is 2.69. The van der Waals surface area contributed by atoms with Crippen LogP contribution in [0, 0.1) is 0 Å². The Kier molecular flexibility index (Phi) is 7.44. The Morgan fingerprint density at radius 1 is 0.872 bits per heavy atom. The fraction of sp³-hybridized carbons (Fsp3) is 0.161. The summed E-state index contributed by atoms with van der Waals surface area (Å²) in [5.41, 5.74) is 1.68. The molecular weight excluding hydrogens is 525 g/mol. The quantitative estimate of drug-likeness (QED) is 0.230. The van der Waals surface area contributed by atoms with Gasteiger partial charge in [-0.25, -0.2) is 0 Å². The van der Waals surface area contributed by atoms with Crippen LogP contribution in [0.2, 0.25) is 5.02 Å². The predicted molar refractivity (Wildman–Crippen MR) is 147 cm³/mol. The predicted octanol–water partition coefficient (Wildman–Crippen LogP) is 8.69. The van der Waals surface area contributed by atoms with Crippen molar-refractivity contribution in [2.75, 3.05) is 18.6 Å². The first-order chi connectivity index (χ1) is 18.7. The van der Waals surface area contributed by atoms with Gasteiger partial charge in [-0.3, -0.25) is 0 Å². The third-order valence-electron chi connectivity index (χ3n) is 6.62. The molecule has 1 saturated heterocycles. The number of hydrogen-bond donors (Lipinski definition) is 0. The molecule has 1 fully saturated rings. The highest BCUT2D eigenvalue weighted by atomic mass is 35.5. The van der Waals surface area contributed by atoms with E-state index in [4.69, 9.17) is 21.1 Å². The van der Waals surface area contributed by atoms with Crippen molar-refractivity contribution in [3.63, 3.8) is 0 Å². The van der Waals surface area contributed by atoms with E-state index in [1.807, 2.05) is 53.4 Å². The SMILES string of the molecule is C=C1N(Cc2cccc(OC)c2)CC(c2cccc(C(F)(F)F)c2)N1c1ccc(Oc2ccc(Cl)cc2)cc1. The monoisotopic (exact) mass is 550 g/mol.